The largest absolute Gasteiger partial charge is 0.463 e. The van der Waals surface area contributed by atoms with Crippen molar-refractivity contribution in [3.8, 4) is 0 Å². The summed E-state index contributed by atoms with van der Waals surface area (Å²) in [4.78, 5) is 12.8. The van der Waals surface area contributed by atoms with Gasteiger partial charge in [-0.05, 0) is 31.4 Å². The lowest BCUT2D eigenvalue weighted by molar-refractivity contribution is -0.139. The van der Waals surface area contributed by atoms with E-state index in [1.165, 1.54) is 6.07 Å². The van der Waals surface area contributed by atoms with Crippen LogP contribution in [-0.2, 0) is 22.8 Å². The van der Waals surface area contributed by atoms with Crippen LogP contribution in [0.5, 0.6) is 0 Å². The number of ether oxygens (including phenoxy) is 1. The Morgan fingerprint density at radius 2 is 2.03 bits per heavy atom. The number of allylic oxidation sites excluding steroid dienone is 1. The summed E-state index contributed by atoms with van der Waals surface area (Å²) >= 11 is 0. The normalized spacial score (nSPS) is 16.7. The minimum atomic E-state index is -4.48. The summed E-state index contributed by atoms with van der Waals surface area (Å²) in [6.45, 7) is 7.50. The second kappa shape index (κ2) is 7.57. The average Bonchev–Trinajstić information content (AvgIpc) is 2.97. The van der Waals surface area contributed by atoms with Crippen LogP contribution in [0.2, 0.25) is 0 Å². The Balaban J connectivity index is 2.29. The number of fused-ring (bicyclic) bond motifs is 1. The molecule has 0 bridgehead atoms. The lowest BCUT2D eigenvalue weighted by Crippen LogP contribution is -2.25. The molecule has 0 amide bonds. The molecule has 1 aromatic heterocycles. The van der Waals surface area contributed by atoms with Gasteiger partial charge >= 0.3 is 12.1 Å². The zero-order valence-corrected chi connectivity index (χ0v) is 17.0. The second-order valence-electron chi connectivity index (χ2n) is 7.37. The Labute approximate surface area is 167 Å². The van der Waals surface area contributed by atoms with Crippen molar-refractivity contribution in [3.05, 3.63) is 57.9 Å². The van der Waals surface area contributed by atoms with E-state index in [1.54, 1.807) is 31.6 Å². The standard InChI is InChI=1S/C21H24F3N3O2/c1-6-29-20(28)15-12(4)25-19-17(18(11(2)3)26-27(19)5)16(15)13-8-7-9-14(10-13)21(22,23)24/h7-11,16,25H,6H2,1-5H3. The first-order chi connectivity index (χ1) is 13.6. The van der Waals surface area contributed by atoms with Crippen LogP contribution in [0, 0.1) is 0 Å². The Morgan fingerprint density at radius 3 is 2.62 bits per heavy atom. The van der Waals surface area contributed by atoms with E-state index in [0.29, 0.717) is 28.2 Å². The molecule has 0 spiro atoms. The maximum atomic E-state index is 13.4. The molecule has 1 aliphatic rings. The highest BCUT2D eigenvalue weighted by Gasteiger charge is 2.39. The number of rotatable bonds is 4. The summed E-state index contributed by atoms with van der Waals surface area (Å²) in [5.41, 5.74) is 1.89. The molecule has 1 N–H and O–H groups in total. The molecule has 0 saturated heterocycles. The molecule has 3 rings (SSSR count). The van der Waals surface area contributed by atoms with E-state index in [9.17, 15) is 18.0 Å². The predicted molar refractivity (Wildman–Crippen MR) is 104 cm³/mol. The maximum absolute atomic E-state index is 13.4. The number of esters is 1. The second-order valence-corrected chi connectivity index (χ2v) is 7.37. The summed E-state index contributed by atoms with van der Waals surface area (Å²) in [5, 5.41) is 7.76. The van der Waals surface area contributed by atoms with Crippen molar-refractivity contribution < 1.29 is 22.7 Å². The van der Waals surface area contributed by atoms with Gasteiger partial charge in [0.15, 0.2) is 0 Å². The number of aromatic nitrogens is 2. The summed E-state index contributed by atoms with van der Waals surface area (Å²) in [6.07, 6.45) is -4.48. The van der Waals surface area contributed by atoms with Crippen molar-refractivity contribution in [1.29, 1.82) is 0 Å². The molecule has 1 atom stereocenters. The Bertz CT molecular complexity index is 974. The summed E-state index contributed by atoms with van der Waals surface area (Å²) in [6, 6.07) is 5.10. The van der Waals surface area contributed by atoms with E-state index in [-0.39, 0.29) is 12.5 Å². The highest BCUT2D eigenvalue weighted by molar-refractivity contribution is 5.94. The molecule has 2 aromatic rings. The SMILES string of the molecule is CCOC(=O)C1=C(C)Nc2c(c(C(C)C)nn2C)C1c1cccc(C(F)(F)F)c1. The van der Waals surface area contributed by atoms with Gasteiger partial charge in [-0.3, -0.25) is 4.68 Å². The van der Waals surface area contributed by atoms with Crippen LogP contribution < -0.4 is 5.32 Å². The van der Waals surface area contributed by atoms with Crippen molar-refractivity contribution in [1.82, 2.24) is 9.78 Å². The van der Waals surface area contributed by atoms with Gasteiger partial charge < -0.3 is 10.1 Å². The summed E-state index contributed by atoms with van der Waals surface area (Å²) in [7, 11) is 1.77. The molecule has 5 nitrogen and oxygen atoms in total. The molecular weight excluding hydrogens is 383 g/mol. The third-order valence-corrected chi connectivity index (χ3v) is 4.99. The maximum Gasteiger partial charge on any atom is 0.416 e. The first kappa shape index (κ1) is 21.0. The van der Waals surface area contributed by atoms with Gasteiger partial charge in [0.1, 0.15) is 5.82 Å². The molecule has 0 radical (unpaired) electrons. The van der Waals surface area contributed by atoms with Gasteiger partial charge in [0.2, 0.25) is 0 Å². The van der Waals surface area contributed by atoms with Crippen molar-refractivity contribution in [2.75, 3.05) is 11.9 Å². The molecule has 0 saturated carbocycles. The van der Waals surface area contributed by atoms with Crippen molar-refractivity contribution in [3.63, 3.8) is 0 Å². The molecular formula is C21H24F3N3O2. The Kier molecular flexibility index (Phi) is 5.47. The van der Waals surface area contributed by atoms with E-state index < -0.39 is 23.6 Å². The monoisotopic (exact) mass is 407 g/mol. The molecule has 2 heterocycles. The fourth-order valence-electron chi connectivity index (χ4n) is 3.73. The number of aryl methyl sites for hydroxylation is 1. The smallest absolute Gasteiger partial charge is 0.416 e. The number of anilines is 1. The summed E-state index contributed by atoms with van der Waals surface area (Å²) < 4.78 is 47.0. The quantitative estimate of drug-likeness (QED) is 0.728. The van der Waals surface area contributed by atoms with Crippen LogP contribution in [0.1, 0.15) is 61.9 Å². The first-order valence-corrected chi connectivity index (χ1v) is 9.45. The Hall–Kier alpha value is -2.77. The number of carbonyl (C=O) groups excluding carboxylic acids is 1. The highest BCUT2D eigenvalue weighted by Crippen LogP contribution is 2.46. The summed E-state index contributed by atoms with van der Waals surface area (Å²) in [5.74, 6) is -0.577. The van der Waals surface area contributed by atoms with Gasteiger partial charge in [-0.25, -0.2) is 4.79 Å². The Morgan fingerprint density at radius 1 is 1.34 bits per heavy atom. The molecule has 0 aliphatic carbocycles. The van der Waals surface area contributed by atoms with Crippen LogP contribution in [0.15, 0.2) is 35.5 Å². The van der Waals surface area contributed by atoms with Crippen molar-refractivity contribution >= 4 is 11.8 Å². The zero-order chi connectivity index (χ0) is 21.5. The molecule has 1 aliphatic heterocycles. The van der Waals surface area contributed by atoms with Gasteiger partial charge in [0.25, 0.3) is 0 Å². The predicted octanol–water partition coefficient (Wildman–Crippen LogP) is 4.96. The fraction of sp³-hybridized carbons (Fsp3) is 0.429. The van der Waals surface area contributed by atoms with E-state index in [0.717, 1.165) is 17.8 Å². The lowest BCUT2D eigenvalue weighted by atomic mass is 9.79. The highest BCUT2D eigenvalue weighted by atomic mass is 19.4. The molecule has 1 unspecified atom stereocenters. The average molecular weight is 407 g/mol. The van der Waals surface area contributed by atoms with Gasteiger partial charge in [-0.15, -0.1) is 0 Å². The van der Waals surface area contributed by atoms with Crippen LogP contribution >= 0.6 is 0 Å². The molecule has 8 heteroatoms. The zero-order valence-electron chi connectivity index (χ0n) is 17.0. The minimum Gasteiger partial charge on any atom is -0.463 e. The third kappa shape index (κ3) is 3.75. The van der Waals surface area contributed by atoms with Gasteiger partial charge in [-0.1, -0.05) is 32.0 Å². The molecule has 0 fully saturated rings. The van der Waals surface area contributed by atoms with E-state index in [2.05, 4.69) is 10.4 Å². The van der Waals surface area contributed by atoms with Crippen molar-refractivity contribution in [2.45, 2.75) is 45.7 Å². The van der Waals surface area contributed by atoms with Gasteiger partial charge in [0, 0.05) is 24.2 Å². The number of hydrogen-bond acceptors (Lipinski definition) is 4. The van der Waals surface area contributed by atoms with Crippen LogP contribution in [0.25, 0.3) is 0 Å². The number of hydrogen-bond donors (Lipinski definition) is 1. The van der Waals surface area contributed by atoms with Crippen molar-refractivity contribution in [2.24, 2.45) is 7.05 Å². The minimum absolute atomic E-state index is 0.0156. The number of halogens is 3. The van der Waals surface area contributed by atoms with E-state index >= 15 is 0 Å². The number of alkyl halides is 3. The molecule has 1 aromatic carbocycles. The van der Waals surface area contributed by atoms with Crippen LogP contribution in [-0.4, -0.2) is 22.4 Å². The van der Waals surface area contributed by atoms with Crippen LogP contribution in [0.3, 0.4) is 0 Å². The topological polar surface area (TPSA) is 56.1 Å². The number of nitrogens with zero attached hydrogens (tertiary/aromatic N) is 2. The number of benzene rings is 1. The lowest BCUT2D eigenvalue weighted by Gasteiger charge is -2.29. The number of carbonyl (C=O) groups is 1. The molecule has 156 valence electrons. The first-order valence-electron chi connectivity index (χ1n) is 9.45. The van der Waals surface area contributed by atoms with Gasteiger partial charge in [0.05, 0.1) is 23.4 Å². The van der Waals surface area contributed by atoms with Gasteiger partial charge in [-0.2, -0.15) is 18.3 Å². The fourth-order valence-corrected chi connectivity index (χ4v) is 3.73. The van der Waals surface area contributed by atoms with E-state index in [1.807, 2.05) is 13.8 Å². The van der Waals surface area contributed by atoms with E-state index in [4.69, 9.17) is 4.74 Å². The number of nitrogens with one attached hydrogen (secondary N) is 1. The van der Waals surface area contributed by atoms with Crippen LogP contribution in [0.4, 0.5) is 19.0 Å². The third-order valence-electron chi connectivity index (χ3n) is 4.99. The molecule has 29 heavy (non-hydrogen) atoms.